The summed E-state index contributed by atoms with van der Waals surface area (Å²) in [5.41, 5.74) is -0.165. The van der Waals surface area contributed by atoms with Crippen LogP contribution in [-0.4, -0.2) is 200 Å². The Labute approximate surface area is 554 Å². The first-order chi connectivity index (χ1) is 41.6. The number of aliphatic carboxylic acids is 1. The zero-order valence-electron chi connectivity index (χ0n) is 57.4. The number of esters is 2. The lowest BCUT2D eigenvalue weighted by atomic mass is 9.91. The van der Waals surface area contributed by atoms with Gasteiger partial charge in [0.15, 0.2) is 16.6 Å². The SMILES string of the molecule is CC(C)(C)CCOCC(COCCOC(=O)CCCC(=O)CC(Cc1ccc(O)c(O)c1)C(=O)O)(COCCOC(=O)CCCC(=O)SCCOCCCOCCSC(C)(C)C)COCCC(C)(C)C.CC(C)(C)SCCOCCCOCCSC(C)(C)C. The minimum Gasteiger partial charge on any atom is -0.504 e. The Morgan fingerprint density at radius 2 is 0.831 bits per heavy atom. The van der Waals surface area contributed by atoms with Crippen molar-refractivity contribution < 1.29 is 86.7 Å². The maximum Gasteiger partial charge on any atom is 0.307 e. The molecule has 1 aromatic carbocycles. The van der Waals surface area contributed by atoms with Crippen LogP contribution in [0.2, 0.25) is 0 Å². The Kier molecular flexibility index (Phi) is 47.9. The average molecular weight is 1340 g/mol. The number of phenols is 2. The summed E-state index contributed by atoms with van der Waals surface area (Å²) >= 11 is 6.99. The number of carbonyl (C=O) groups excluding carboxylic acids is 4. The molecular weight excluding hydrogens is 1220 g/mol. The molecule has 0 fully saturated rings. The Morgan fingerprint density at radius 3 is 1.21 bits per heavy atom. The first-order valence-corrected chi connectivity index (χ1v) is 35.8. The van der Waals surface area contributed by atoms with Gasteiger partial charge in [-0.05, 0) is 73.5 Å². The van der Waals surface area contributed by atoms with Crippen LogP contribution in [0.4, 0.5) is 0 Å². The van der Waals surface area contributed by atoms with Gasteiger partial charge in [-0.3, -0.25) is 24.0 Å². The van der Waals surface area contributed by atoms with Crippen LogP contribution in [-0.2, 0) is 77.8 Å². The van der Waals surface area contributed by atoms with Crippen molar-refractivity contribution in [3.8, 4) is 11.5 Å². The van der Waals surface area contributed by atoms with E-state index in [9.17, 15) is 39.3 Å². The molecule has 1 atom stereocenters. The van der Waals surface area contributed by atoms with Gasteiger partial charge in [0.25, 0.3) is 0 Å². The number of thioether (sulfide) groups is 4. The summed E-state index contributed by atoms with van der Waals surface area (Å²) in [4.78, 5) is 61.8. The molecular formula is C67H120O18S4. The highest BCUT2D eigenvalue weighted by atomic mass is 32.2. The van der Waals surface area contributed by atoms with E-state index >= 15 is 0 Å². The van der Waals surface area contributed by atoms with Crippen molar-refractivity contribution in [1.82, 2.24) is 0 Å². The van der Waals surface area contributed by atoms with E-state index in [4.69, 9.17) is 47.4 Å². The van der Waals surface area contributed by atoms with Gasteiger partial charge in [-0.25, -0.2) is 0 Å². The van der Waals surface area contributed by atoms with Crippen LogP contribution in [0.15, 0.2) is 18.2 Å². The second-order valence-corrected chi connectivity index (χ2v) is 34.5. The number of Topliss-reactive ketones (excluding diaryl/α,β-unsaturated/α-hetero) is 1. The summed E-state index contributed by atoms with van der Waals surface area (Å²) in [5, 5.41) is 28.9. The van der Waals surface area contributed by atoms with Crippen molar-refractivity contribution >= 4 is 75.9 Å². The number of ether oxygens (including phenoxy) is 10. The standard InChI is InChI=1S/C52H88O16S2.C15H32O2S2/c1-49(2,3)19-23-63-36-52(37-64-24-20-50(4,5)6,38-65-25-27-67-45(56)14-10-13-42(53)35-41(48(59)60)33-40-17-18-43(54)44(55)34-40)39-66-26-28-68-46(57)15-11-16-47(58)69-31-29-61-21-12-22-62-30-32-70-51(7,8)9;1-14(2,3)18-12-10-16-8-7-9-17-11-13-19-15(4,5)6/h17-18,34,41,54-55H,10-16,19-33,35-39H2,1-9H3,(H,59,60);7-13H2,1-6H3. The van der Waals surface area contributed by atoms with E-state index in [2.05, 4.69) is 104 Å². The zero-order chi connectivity index (χ0) is 67.3. The molecule has 22 heteroatoms. The molecule has 0 radical (unpaired) electrons. The van der Waals surface area contributed by atoms with E-state index in [1.54, 1.807) is 0 Å². The predicted molar refractivity (Wildman–Crippen MR) is 364 cm³/mol. The van der Waals surface area contributed by atoms with Crippen LogP contribution in [0, 0.1) is 22.2 Å². The number of ketones is 1. The molecule has 0 aliphatic rings. The quantitative estimate of drug-likeness (QED) is 0.0312. The monoisotopic (exact) mass is 1340 g/mol. The number of rotatable bonds is 51. The Hall–Kier alpha value is -2.35. The highest BCUT2D eigenvalue weighted by Gasteiger charge is 2.33. The van der Waals surface area contributed by atoms with Gasteiger partial charge < -0.3 is 62.7 Å². The van der Waals surface area contributed by atoms with Crippen molar-refractivity contribution in [2.75, 3.05) is 142 Å². The van der Waals surface area contributed by atoms with Gasteiger partial charge in [0.2, 0.25) is 0 Å². The van der Waals surface area contributed by atoms with Gasteiger partial charge >= 0.3 is 17.9 Å². The maximum absolute atomic E-state index is 12.6. The number of carboxylic acids is 1. The Balaban J connectivity index is 0.00000347. The normalized spacial score (nSPS) is 12.8. The molecule has 520 valence electrons. The van der Waals surface area contributed by atoms with E-state index in [-0.39, 0.29) is 136 Å². The number of carbonyl (C=O) groups is 5. The van der Waals surface area contributed by atoms with Crippen LogP contribution in [0.3, 0.4) is 0 Å². The van der Waals surface area contributed by atoms with Gasteiger partial charge in [-0.1, -0.05) is 122 Å². The number of carboxylic acid groups (broad SMARTS) is 1. The van der Waals surface area contributed by atoms with Crippen LogP contribution >= 0.6 is 47.0 Å². The van der Waals surface area contributed by atoms with E-state index in [1.165, 1.54) is 30.0 Å². The first kappa shape index (κ1) is 86.7. The van der Waals surface area contributed by atoms with Crippen molar-refractivity contribution in [2.24, 2.45) is 22.2 Å². The molecule has 0 heterocycles. The number of hydrogen-bond acceptors (Lipinski definition) is 21. The van der Waals surface area contributed by atoms with Gasteiger partial charge in [-0.2, -0.15) is 35.3 Å². The first-order valence-electron chi connectivity index (χ1n) is 31.9. The van der Waals surface area contributed by atoms with Crippen LogP contribution in [0.5, 0.6) is 11.5 Å². The molecule has 18 nitrogen and oxygen atoms in total. The Morgan fingerprint density at radius 1 is 0.438 bits per heavy atom. The van der Waals surface area contributed by atoms with Gasteiger partial charge in [0, 0.05) is 109 Å². The van der Waals surface area contributed by atoms with Crippen molar-refractivity contribution in [3.63, 3.8) is 0 Å². The third-order valence-electron chi connectivity index (χ3n) is 12.5. The van der Waals surface area contributed by atoms with Gasteiger partial charge in [0.1, 0.15) is 19.0 Å². The number of hydrogen-bond donors (Lipinski definition) is 3. The lowest BCUT2D eigenvalue weighted by Crippen LogP contribution is -2.42. The third kappa shape index (κ3) is 58.0. The minimum absolute atomic E-state index is 0.00492. The molecule has 0 saturated carbocycles. The van der Waals surface area contributed by atoms with Crippen molar-refractivity contribution in [3.05, 3.63) is 23.8 Å². The maximum atomic E-state index is 12.6. The molecule has 1 aromatic rings. The molecule has 0 spiro atoms. The van der Waals surface area contributed by atoms with E-state index in [0.29, 0.717) is 60.3 Å². The molecule has 3 N–H and O–H groups in total. The molecule has 0 aromatic heterocycles. The molecule has 0 saturated heterocycles. The van der Waals surface area contributed by atoms with Crippen molar-refractivity contribution in [2.45, 2.75) is 195 Å². The fourth-order valence-electron chi connectivity index (χ4n) is 7.59. The smallest absolute Gasteiger partial charge is 0.307 e. The van der Waals surface area contributed by atoms with E-state index in [0.717, 1.165) is 76.0 Å². The zero-order valence-corrected chi connectivity index (χ0v) is 60.7. The van der Waals surface area contributed by atoms with Crippen LogP contribution < -0.4 is 0 Å². The third-order valence-corrected chi connectivity index (χ3v) is 17.1. The van der Waals surface area contributed by atoms with Crippen LogP contribution in [0.25, 0.3) is 0 Å². The van der Waals surface area contributed by atoms with E-state index in [1.807, 2.05) is 35.3 Å². The van der Waals surface area contributed by atoms with Crippen molar-refractivity contribution in [1.29, 1.82) is 0 Å². The molecule has 0 amide bonds. The largest absolute Gasteiger partial charge is 0.504 e. The lowest BCUT2D eigenvalue weighted by Gasteiger charge is -2.34. The summed E-state index contributed by atoms with van der Waals surface area (Å²) in [6.45, 7) is 40.6. The predicted octanol–water partition coefficient (Wildman–Crippen LogP) is 13.3. The fraction of sp³-hybridized carbons (Fsp3) is 0.836. The molecule has 0 bridgehead atoms. The van der Waals surface area contributed by atoms with Gasteiger partial charge in [-0.15, -0.1) is 0 Å². The summed E-state index contributed by atoms with van der Waals surface area (Å²) in [7, 11) is 0. The van der Waals surface area contributed by atoms with Crippen LogP contribution in [0.1, 0.15) is 180 Å². The summed E-state index contributed by atoms with van der Waals surface area (Å²) in [6, 6.07) is 4.01. The molecule has 1 unspecified atom stereocenters. The number of benzene rings is 1. The topological polar surface area (TPSA) is 238 Å². The summed E-state index contributed by atoms with van der Waals surface area (Å²) < 4.78 is 58.7. The minimum atomic E-state index is -1.16. The summed E-state index contributed by atoms with van der Waals surface area (Å²) in [5.74, 6) is -0.471. The highest BCUT2D eigenvalue weighted by molar-refractivity contribution is 8.13. The number of aromatic hydroxyl groups is 2. The fourth-order valence-corrected chi connectivity index (χ4v) is 10.7. The highest BCUT2D eigenvalue weighted by Crippen LogP contribution is 2.29. The van der Waals surface area contributed by atoms with Gasteiger partial charge in [0.05, 0.1) is 77.4 Å². The number of phenolic OH excluding ortho intramolecular Hbond substituents is 2. The van der Waals surface area contributed by atoms with E-state index < -0.39 is 29.2 Å². The Bertz CT molecular complexity index is 1980. The second kappa shape index (κ2) is 49.2. The average Bonchev–Trinajstić information content (AvgIpc) is 3.25. The molecule has 0 aliphatic heterocycles. The molecule has 89 heavy (non-hydrogen) atoms. The summed E-state index contributed by atoms with van der Waals surface area (Å²) in [6.07, 6.45) is 4.11. The second-order valence-electron chi connectivity index (χ2n) is 27.5. The molecule has 0 aliphatic carbocycles. The molecule has 1 rings (SSSR count). The lowest BCUT2D eigenvalue weighted by molar-refractivity contribution is -0.149.